The zero-order valence-corrected chi connectivity index (χ0v) is 12.6. The van der Waals surface area contributed by atoms with Crippen molar-refractivity contribution in [3.63, 3.8) is 0 Å². The SMILES string of the molecule is CCCCP(CCCC)CCCC.[Pd]. The van der Waals surface area contributed by atoms with Gasteiger partial charge in [0.15, 0.2) is 0 Å². The fourth-order valence-corrected chi connectivity index (χ4v) is 4.44. The second-order valence-electron chi connectivity index (χ2n) is 3.90. The first kappa shape index (κ1) is 17.5. The maximum absolute atomic E-state index is 2.31. The molecule has 0 bridgehead atoms. The molecular formula is C12H27PPd. The molecule has 0 aliphatic heterocycles. The minimum atomic E-state index is 0. The molecule has 0 nitrogen and oxygen atoms in total. The van der Waals surface area contributed by atoms with E-state index in [0.717, 1.165) is 0 Å². The largest absolute Gasteiger partial charge is 0.107 e. The molecule has 0 rings (SSSR count). The zero-order valence-electron chi connectivity index (χ0n) is 10.1. The van der Waals surface area contributed by atoms with E-state index in [9.17, 15) is 0 Å². The minimum Gasteiger partial charge on any atom is -0.107 e. The number of hydrogen-bond donors (Lipinski definition) is 0. The summed E-state index contributed by atoms with van der Waals surface area (Å²) in [6.45, 7) is 6.94. The topological polar surface area (TPSA) is 0 Å². The molecule has 0 aliphatic rings. The molecule has 0 atom stereocenters. The van der Waals surface area contributed by atoms with E-state index in [1.807, 2.05) is 0 Å². The molecule has 0 aliphatic carbocycles. The standard InChI is InChI=1S/C12H27P.Pd/c1-4-7-10-13(11-8-5-2)12-9-6-3;/h4-12H2,1-3H3;. The van der Waals surface area contributed by atoms with Crippen molar-refractivity contribution >= 4 is 7.92 Å². The van der Waals surface area contributed by atoms with Crippen LogP contribution in [0, 0.1) is 0 Å². The van der Waals surface area contributed by atoms with Gasteiger partial charge in [0.2, 0.25) is 0 Å². The first-order valence-corrected chi connectivity index (χ1v) is 7.97. The maximum atomic E-state index is 2.31. The predicted molar refractivity (Wildman–Crippen MR) is 66.2 cm³/mol. The van der Waals surface area contributed by atoms with Gasteiger partial charge in [0, 0.05) is 20.4 Å². The van der Waals surface area contributed by atoms with Gasteiger partial charge >= 0.3 is 0 Å². The third kappa shape index (κ3) is 11.2. The van der Waals surface area contributed by atoms with Crippen LogP contribution >= 0.6 is 7.92 Å². The molecule has 0 aromatic carbocycles. The second kappa shape index (κ2) is 14.1. The summed E-state index contributed by atoms with van der Waals surface area (Å²) < 4.78 is 0. The molecule has 14 heavy (non-hydrogen) atoms. The van der Waals surface area contributed by atoms with Gasteiger partial charge in [-0.2, -0.15) is 0 Å². The summed E-state index contributed by atoms with van der Waals surface area (Å²) in [6, 6.07) is 0. The summed E-state index contributed by atoms with van der Waals surface area (Å²) in [5.41, 5.74) is 0. The number of rotatable bonds is 9. The quantitative estimate of drug-likeness (QED) is 0.421. The van der Waals surface area contributed by atoms with Crippen LogP contribution in [0.25, 0.3) is 0 Å². The van der Waals surface area contributed by atoms with E-state index < -0.39 is 0 Å². The maximum Gasteiger partial charge on any atom is 0 e. The van der Waals surface area contributed by atoms with Crippen molar-refractivity contribution in [1.82, 2.24) is 0 Å². The van der Waals surface area contributed by atoms with Gasteiger partial charge in [0.25, 0.3) is 0 Å². The van der Waals surface area contributed by atoms with Crippen LogP contribution in [-0.4, -0.2) is 18.5 Å². The third-order valence-corrected chi connectivity index (χ3v) is 5.33. The monoisotopic (exact) mass is 308 g/mol. The third-order valence-electron chi connectivity index (χ3n) is 2.48. The summed E-state index contributed by atoms with van der Waals surface area (Å²) in [4.78, 5) is 0. The molecule has 0 spiro atoms. The van der Waals surface area contributed by atoms with Crippen LogP contribution in [-0.2, 0) is 20.4 Å². The summed E-state index contributed by atoms with van der Waals surface area (Å²) in [6.07, 6.45) is 13.2. The molecule has 0 amide bonds. The van der Waals surface area contributed by atoms with Crippen molar-refractivity contribution < 1.29 is 20.4 Å². The molecule has 0 saturated carbocycles. The summed E-state index contributed by atoms with van der Waals surface area (Å²) in [5.74, 6) is 0. The van der Waals surface area contributed by atoms with E-state index in [-0.39, 0.29) is 20.4 Å². The van der Waals surface area contributed by atoms with Crippen molar-refractivity contribution in [3.05, 3.63) is 0 Å². The van der Waals surface area contributed by atoms with Crippen molar-refractivity contribution in [2.24, 2.45) is 0 Å². The Morgan fingerprint density at radius 1 is 0.643 bits per heavy atom. The van der Waals surface area contributed by atoms with Crippen molar-refractivity contribution in [3.8, 4) is 0 Å². The Morgan fingerprint density at radius 2 is 0.929 bits per heavy atom. The van der Waals surface area contributed by atoms with E-state index in [2.05, 4.69) is 20.8 Å². The fourth-order valence-electron chi connectivity index (χ4n) is 1.48. The molecule has 0 saturated heterocycles. The van der Waals surface area contributed by atoms with Gasteiger partial charge in [-0.05, 0) is 37.7 Å². The predicted octanol–water partition coefficient (Wildman–Crippen LogP) is 4.87. The fraction of sp³-hybridized carbons (Fsp3) is 1.00. The first-order chi connectivity index (χ1) is 6.35. The molecule has 0 heterocycles. The van der Waals surface area contributed by atoms with Crippen LogP contribution in [0.2, 0.25) is 0 Å². The number of unbranched alkanes of at least 4 members (excludes halogenated alkanes) is 3. The van der Waals surface area contributed by atoms with Crippen molar-refractivity contribution in [2.75, 3.05) is 18.5 Å². The zero-order chi connectivity index (χ0) is 9.94. The van der Waals surface area contributed by atoms with Crippen LogP contribution < -0.4 is 0 Å². The Morgan fingerprint density at radius 3 is 1.14 bits per heavy atom. The van der Waals surface area contributed by atoms with Gasteiger partial charge in [-0.3, -0.25) is 0 Å². The van der Waals surface area contributed by atoms with Gasteiger partial charge in [0.05, 0.1) is 0 Å². The summed E-state index contributed by atoms with van der Waals surface area (Å²) in [7, 11) is 0.422. The van der Waals surface area contributed by atoms with Crippen LogP contribution in [0.5, 0.6) is 0 Å². The van der Waals surface area contributed by atoms with Crippen LogP contribution in [0.15, 0.2) is 0 Å². The van der Waals surface area contributed by atoms with Gasteiger partial charge in [-0.15, -0.1) is 7.92 Å². The van der Waals surface area contributed by atoms with Gasteiger partial charge in [-0.25, -0.2) is 0 Å². The second-order valence-corrected chi connectivity index (χ2v) is 6.59. The molecule has 0 N–H and O–H groups in total. The molecule has 2 heteroatoms. The summed E-state index contributed by atoms with van der Waals surface area (Å²) >= 11 is 0. The molecule has 90 valence electrons. The smallest absolute Gasteiger partial charge is 0 e. The molecule has 0 aromatic heterocycles. The first-order valence-electron chi connectivity index (χ1n) is 6.07. The molecule has 0 aromatic rings. The van der Waals surface area contributed by atoms with Gasteiger partial charge in [0.1, 0.15) is 0 Å². The number of hydrogen-bond acceptors (Lipinski definition) is 0. The van der Waals surface area contributed by atoms with Gasteiger partial charge < -0.3 is 0 Å². The van der Waals surface area contributed by atoms with Crippen molar-refractivity contribution in [2.45, 2.75) is 59.3 Å². The van der Waals surface area contributed by atoms with Crippen LogP contribution in [0.4, 0.5) is 0 Å². The van der Waals surface area contributed by atoms with E-state index in [0.29, 0.717) is 7.92 Å². The Balaban J connectivity index is 0. The Bertz CT molecular complexity index is 77.3. The summed E-state index contributed by atoms with van der Waals surface area (Å²) in [5, 5.41) is 0. The average molecular weight is 309 g/mol. The molecule has 0 radical (unpaired) electrons. The Labute approximate surface area is 106 Å². The van der Waals surface area contributed by atoms with Crippen LogP contribution in [0.3, 0.4) is 0 Å². The van der Waals surface area contributed by atoms with E-state index in [1.54, 1.807) is 18.5 Å². The Kier molecular flexibility index (Phi) is 17.6. The van der Waals surface area contributed by atoms with E-state index >= 15 is 0 Å². The Hall–Kier alpha value is 1.09. The average Bonchev–Trinajstić information content (AvgIpc) is 2.17. The molecule has 0 fully saturated rings. The van der Waals surface area contributed by atoms with E-state index in [4.69, 9.17) is 0 Å². The van der Waals surface area contributed by atoms with Gasteiger partial charge in [-0.1, -0.05) is 40.0 Å². The van der Waals surface area contributed by atoms with E-state index in [1.165, 1.54) is 38.5 Å². The van der Waals surface area contributed by atoms with Crippen molar-refractivity contribution in [1.29, 1.82) is 0 Å². The normalized spacial score (nSPS) is 10.3. The molecule has 0 unspecified atom stereocenters. The molecular weight excluding hydrogens is 282 g/mol. The minimum absolute atomic E-state index is 0. The van der Waals surface area contributed by atoms with Crippen LogP contribution in [0.1, 0.15) is 59.3 Å².